The molecule has 1 heterocycles. The van der Waals surface area contributed by atoms with E-state index in [2.05, 4.69) is 0 Å². The number of para-hydroxylation sites is 1. The molecule has 1 atom stereocenters. The van der Waals surface area contributed by atoms with Gasteiger partial charge in [-0.3, -0.25) is 14.8 Å². The molecule has 2 amide bonds. The first kappa shape index (κ1) is 22.0. The largest absolute Gasteiger partial charge is 0.311 e. The van der Waals surface area contributed by atoms with Gasteiger partial charge in [-0.2, -0.15) is 0 Å². The molecule has 2 N–H and O–H groups in total. The van der Waals surface area contributed by atoms with E-state index >= 15 is 0 Å². The molecule has 2 aromatic rings. The van der Waals surface area contributed by atoms with Crippen molar-refractivity contribution in [1.82, 2.24) is 5.48 Å². The van der Waals surface area contributed by atoms with Gasteiger partial charge in [-0.1, -0.05) is 47.8 Å². The molecule has 0 spiro atoms. The van der Waals surface area contributed by atoms with Gasteiger partial charge in [-0.05, 0) is 42.7 Å². The maximum Gasteiger partial charge on any atom is 0.243 e. The van der Waals surface area contributed by atoms with E-state index in [-0.39, 0.29) is 23.5 Å². The monoisotopic (exact) mass is 452 g/mol. The SMILES string of the molecule is O=C(CCCCCN1C(=O)CC(c2ccc(Cl)c(Cl)c2)Sc2ccccc21)NO. The molecule has 0 saturated carbocycles. The fourth-order valence-corrected chi connectivity index (χ4v) is 4.89. The smallest absolute Gasteiger partial charge is 0.243 e. The molecule has 1 unspecified atom stereocenters. The summed E-state index contributed by atoms with van der Waals surface area (Å²) in [6.45, 7) is 0.589. The highest BCUT2D eigenvalue weighted by Crippen LogP contribution is 2.46. The lowest BCUT2D eigenvalue weighted by atomic mass is 10.1. The molecular weight excluding hydrogens is 431 g/mol. The van der Waals surface area contributed by atoms with Crippen molar-refractivity contribution in [2.75, 3.05) is 11.4 Å². The van der Waals surface area contributed by atoms with Crippen LogP contribution < -0.4 is 10.4 Å². The number of anilines is 1. The molecule has 0 bridgehead atoms. The van der Waals surface area contributed by atoms with Crippen molar-refractivity contribution >= 4 is 52.5 Å². The fraction of sp³-hybridized carbons (Fsp3) is 0.333. The lowest BCUT2D eigenvalue weighted by Crippen LogP contribution is -2.31. The zero-order valence-electron chi connectivity index (χ0n) is 15.7. The molecule has 0 radical (unpaired) electrons. The highest BCUT2D eigenvalue weighted by molar-refractivity contribution is 7.99. The summed E-state index contributed by atoms with van der Waals surface area (Å²) in [6.07, 6.45) is 2.88. The second-order valence-electron chi connectivity index (χ2n) is 6.84. The highest BCUT2D eigenvalue weighted by Gasteiger charge is 2.29. The Morgan fingerprint density at radius 2 is 1.93 bits per heavy atom. The van der Waals surface area contributed by atoms with Crippen LogP contribution in [0.15, 0.2) is 47.4 Å². The number of hydrogen-bond donors (Lipinski definition) is 2. The van der Waals surface area contributed by atoms with Crippen molar-refractivity contribution in [3.05, 3.63) is 58.1 Å². The summed E-state index contributed by atoms with van der Waals surface area (Å²) in [5.74, 6) is -0.325. The molecular formula is C21H22Cl2N2O3S. The second-order valence-corrected chi connectivity index (χ2v) is 8.90. The van der Waals surface area contributed by atoms with E-state index in [1.54, 1.807) is 23.3 Å². The number of hydroxylamine groups is 1. The number of nitrogens with one attached hydrogen (secondary N) is 1. The zero-order chi connectivity index (χ0) is 20.8. The van der Waals surface area contributed by atoms with Crippen molar-refractivity contribution in [2.45, 2.75) is 42.2 Å². The molecule has 29 heavy (non-hydrogen) atoms. The maximum absolute atomic E-state index is 13.1. The summed E-state index contributed by atoms with van der Waals surface area (Å²) in [5.41, 5.74) is 3.53. The summed E-state index contributed by atoms with van der Waals surface area (Å²) in [6, 6.07) is 13.4. The Hall–Kier alpha value is -1.73. The normalized spacial score (nSPS) is 16.3. The molecule has 0 aliphatic carbocycles. The number of hydrogen-bond acceptors (Lipinski definition) is 4. The Labute approximate surface area is 184 Å². The van der Waals surface area contributed by atoms with Gasteiger partial charge >= 0.3 is 0 Å². The molecule has 1 aliphatic heterocycles. The molecule has 0 saturated heterocycles. The Bertz CT molecular complexity index is 894. The maximum atomic E-state index is 13.1. The quantitative estimate of drug-likeness (QED) is 0.324. The van der Waals surface area contributed by atoms with E-state index in [0.29, 0.717) is 29.4 Å². The van der Waals surface area contributed by atoms with Crippen LogP contribution in [0.25, 0.3) is 0 Å². The minimum atomic E-state index is -0.387. The van der Waals surface area contributed by atoms with Gasteiger partial charge in [-0.15, -0.1) is 11.8 Å². The molecule has 1 aliphatic rings. The van der Waals surface area contributed by atoms with Gasteiger partial charge in [0.2, 0.25) is 11.8 Å². The molecule has 8 heteroatoms. The Morgan fingerprint density at radius 1 is 1.14 bits per heavy atom. The first-order chi connectivity index (χ1) is 14.0. The van der Waals surface area contributed by atoms with Crippen LogP contribution in [0.1, 0.15) is 42.9 Å². The Morgan fingerprint density at radius 3 is 2.69 bits per heavy atom. The summed E-state index contributed by atoms with van der Waals surface area (Å²) in [7, 11) is 0. The minimum Gasteiger partial charge on any atom is -0.311 e. The summed E-state index contributed by atoms with van der Waals surface area (Å²) < 4.78 is 0. The van der Waals surface area contributed by atoms with E-state index in [1.807, 2.05) is 41.3 Å². The van der Waals surface area contributed by atoms with Crippen LogP contribution in [-0.4, -0.2) is 23.6 Å². The number of benzene rings is 2. The summed E-state index contributed by atoms with van der Waals surface area (Å²) in [4.78, 5) is 27.1. The van der Waals surface area contributed by atoms with Crippen LogP contribution in [0.3, 0.4) is 0 Å². The van der Waals surface area contributed by atoms with Gasteiger partial charge in [-0.25, -0.2) is 5.48 Å². The predicted molar refractivity (Wildman–Crippen MR) is 117 cm³/mol. The number of unbranched alkanes of at least 4 members (excludes halogenated alkanes) is 2. The lowest BCUT2D eigenvalue weighted by Gasteiger charge is -2.22. The van der Waals surface area contributed by atoms with E-state index in [1.165, 1.54) is 0 Å². The standard InChI is InChI=1S/C21H22Cl2N2O3S/c22-15-10-9-14(12-16(15)23)19-13-21(27)25(11-5-1-2-8-20(26)24-28)17-6-3-4-7-18(17)29-19/h3-4,6-7,9-10,12,19,28H,1-2,5,8,11,13H2,(H,24,26). The number of fused-ring (bicyclic) bond motifs is 1. The van der Waals surface area contributed by atoms with Crippen molar-refractivity contribution in [2.24, 2.45) is 0 Å². The molecule has 0 aromatic heterocycles. The van der Waals surface area contributed by atoms with Gasteiger partial charge in [0.25, 0.3) is 0 Å². The lowest BCUT2D eigenvalue weighted by molar-refractivity contribution is -0.129. The topological polar surface area (TPSA) is 69.6 Å². The molecule has 3 rings (SSSR count). The van der Waals surface area contributed by atoms with E-state index < -0.39 is 0 Å². The van der Waals surface area contributed by atoms with Crippen LogP contribution in [0, 0.1) is 0 Å². The van der Waals surface area contributed by atoms with E-state index in [0.717, 1.165) is 29.0 Å². The molecule has 0 fully saturated rings. The third-order valence-electron chi connectivity index (χ3n) is 4.81. The third-order valence-corrected chi connectivity index (χ3v) is 6.87. The van der Waals surface area contributed by atoms with Crippen LogP contribution in [-0.2, 0) is 9.59 Å². The van der Waals surface area contributed by atoms with Crippen LogP contribution in [0.4, 0.5) is 5.69 Å². The molecule has 5 nitrogen and oxygen atoms in total. The summed E-state index contributed by atoms with van der Waals surface area (Å²) >= 11 is 13.9. The zero-order valence-corrected chi connectivity index (χ0v) is 18.1. The number of rotatable bonds is 7. The number of carbonyl (C=O) groups is 2. The Kier molecular flexibility index (Phi) is 7.84. The second kappa shape index (κ2) is 10.3. The van der Waals surface area contributed by atoms with Gasteiger partial charge in [0, 0.05) is 29.5 Å². The van der Waals surface area contributed by atoms with Crippen molar-refractivity contribution in [3.63, 3.8) is 0 Å². The van der Waals surface area contributed by atoms with Crippen LogP contribution in [0.5, 0.6) is 0 Å². The minimum absolute atomic E-state index is 0.0448. The van der Waals surface area contributed by atoms with Crippen molar-refractivity contribution in [1.29, 1.82) is 0 Å². The van der Waals surface area contributed by atoms with Crippen LogP contribution in [0.2, 0.25) is 10.0 Å². The van der Waals surface area contributed by atoms with Gasteiger partial charge in [0.15, 0.2) is 0 Å². The number of halogens is 2. The Balaban J connectivity index is 1.73. The van der Waals surface area contributed by atoms with Gasteiger partial charge < -0.3 is 4.90 Å². The fourth-order valence-electron chi connectivity index (χ4n) is 3.31. The van der Waals surface area contributed by atoms with Crippen molar-refractivity contribution in [3.8, 4) is 0 Å². The number of nitrogens with zero attached hydrogens (tertiary/aromatic N) is 1. The third kappa shape index (κ3) is 5.66. The average Bonchev–Trinajstić information content (AvgIpc) is 2.86. The van der Waals surface area contributed by atoms with E-state index in [9.17, 15) is 9.59 Å². The highest BCUT2D eigenvalue weighted by atomic mass is 35.5. The number of carbonyl (C=O) groups excluding carboxylic acids is 2. The van der Waals surface area contributed by atoms with Gasteiger partial charge in [0.1, 0.15) is 0 Å². The molecule has 154 valence electrons. The first-order valence-corrected chi connectivity index (χ1v) is 11.1. The average molecular weight is 453 g/mol. The molecule has 2 aromatic carbocycles. The van der Waals surface area contributed by atoms with Crippen molar-refractivity contribution < 1.29 is 14.8 Å². The number of amides is 2. The van der Waals surface area contributed by atoms with E-state index in [4.69, 9.17) is 28.4 Å². The van der Waals surface area contributed by atoms with Crippen LogP contribution >= 0.6 is 35.0 Å². The predicted octanol–water partition coefficient (Wildman–Crippen LogP) is 5.63. The number of thioether (sulfide) groups is 1. The van der Waals surface area contributed by atoms with Gasteiger partial charge in [0.05, 0.1) is 15.7 Å². The summed E-state index contributed by atoms with van der Waals surface area (Å²) in [5, 5.41) is 9.49. The first-order valence-electron chi connectivity index (χ1n) is 9.43.